The fraction of sp³-hybridized carbons (Fsp3) is 0.458. The molecule has 0 amide bonds. The molecule has 1 heterocycles. The number of allylic oxidation sites excluding steroid dienone is 5. The molecule has 0 aromatic rings. The van der Waals surface area contributed by atoms with Crippen LogP contribution in [0.3, 0.4) is 0 Å². The van der Waals surface area contributed by atoms with Crippen LogP contribution in [0.2, 0.25) is 0 Å². The van der Waals surface area contributed by atoms with Crippen LogP contribution in [0, 0.1) is 24.2 Å². The van der Waals surface area contributed by atoms with E-state index in [1.807, 2.05) is 12.2 Å². The lowest BCUT2D eigenvalue weighted by atomic mass is 9.94. The number of nitrogens with zero attached hydrogens (tertiary/aromatic N) is 2. The molecule has 0 radical (unpaired) electrons. The molecule has 1 aliphatic carbocycles. The number of nitrogens with one attached hydrogen (secondary N) is 1. The Bertz CT molecular complexity index is 672. The topological polar surface area (TPSA) is 27.6 Å². The van der Waals surface area contributed by atoms with Crippen molar-refractivity contribution in [3.63, 3.8) is 0 Å². The zero-order chi connectivity index (χ0) is 19.5. The number of terminal acetylenes is 1. The standard InChI is InChI=1S/C24H33N3/c1-5-7-12-20(3)16-18-25-19-21(6-2)23-15-11-17-26-24(23)27(4)22-13-9-8-10-14-22/h2,5,7-10,12-13,15,20-22,25H,1,11,14,16-19H2,3-4H3/b12-7-. The van der Waals surface area contributed by atoms with E-state index in [2.05, 4.69) is 73.1 Å². The van der Waals surface area contributed by atoms with Gasteiger partial charge in [0.25, 0.3) is 0 Å². The van der Waals surface area contributed by atoms with Gasteiger partial charge in [-0.1, -0.05) is 68.0 Å². The van der Waals surface area contributed by atoms with Crippen LogP contribution < -0.4 is 5.32 Å². The second-order valence-corrected chi connectivity index (χ2v) is 7.19. The maximum Gasteiger partial charge on any atom is 0.127 e. The minimum atomic E-state index is 0.0497. The maximum atomic E-state index is 5.90. The smallest absolute Gasteiger partial charge is 0.127 e. The molecule has 0 aromatic carbocycles. The molecule has 0 saturated heterocycles. The molecule has 0 fully saturated rings. The van der Waals surface area contributed by atoms with Crippen molar-refractivity contribution in [2.75, 3.05) is 26.7 Å². The Kier molecular flexibility index (Phi) is 8.87. The van der Waals surface area contributed by atoms with E-state index in [9.17, 15) is 0 Å². The van der Waals surface area contributed by atoms with Gasteiger partial charge in [0.1, 0.15) is 5.84 Å². The lowest BCUT2D eigenvalue weighted by Gasteiger charge is -2.33. The number of amidine groups is 1. The van der Waals surface area contributed by atoms with Gasteiger partial charge in [-0.05, 0) is 31.7 Å². The number of dihydropyridines is 1. The van der Waals surface area contributed by atoms with Gasteiger partial charge in [-0.2, -0.15) is 0 Å². The molecule has 3 heteroatoms. The average molecular weight is 364 g/mol. The predicted molar refractivity (Wildman–Crippen MR) is 118 cm³/mol. The summed E-state index contributed by atoms with van der Waals surface area (Å²) < 4.78 is 0. The summed E-state index contributed by atoms with van der Waals surface area (Å²) in [5.74, 6) is 4.62. The minimum absolute atomic E-state index is 0.0497. The Morgan fingerprint density at radius 3 is 3.04 bits per heavy atom. The molecular formula is C24H33N3. The number of likely N-dealkylation sites (N-methyl/N-ethyl adjacent to an activating group) is 1. The van der Waals surface area contributed by atoms with Crippen molar-refractivity contribution in [1.82, 2.24) is 10.2 Å². The fourth-order valence-electron chi connectivity index (χ4n) is 3.40. The van der Waals surface area contributed by atoms with Gasteiger partial charge in [-0.3, -0.25) is 4.99 Å². The number of hydrogen-bond donors (Lipinski definition) is 1. The molecule has 0 aromatic heterocycles. The third-order valence-electron chi connectivity index (χ3n) is 5.08. The molecule has 0 spiro atoms. The third kappa shape index (κ3) is 6.41. The molecule has 27 heavy (non-hydrogen) atoms. The summed E-state index contributed by atoms with van der Waals surface area (Å²) >= 11 is 0. The van der Waals surface area contributed by atoms with Crippen molar-refractivity contribution < 1.29 is 0 Å². The molecule has 1 N–H and O–H groups in total. The fourth-order valence-corrected chi connectivity index (χ4v) is 3.40. The Morgan fingerprint density at radius 1 is 1.48 bits per heavy atom. The molecule has 1 aliphatic heterocycles. The van der Waals surface area contributed by atoms with Crippen LogP contribution in [0.1, 0.15) is 26.2 Å². The average Bonchev–Trinajstić information content (AvgIpc) is 2.72. The molecule has 3 unspecified atom stereocenters. The van der Waals surface area contributed by atoms with Gasteiger partial charge in [0.2, 0.25) is 0 Å². The highest BCUT2D eigenvalue weighted by molar-refractivity contribution is 6.00. The Morgan fingerprint density at radius 2 is 2.33 bits per heavy atom. The van der Waals surface area contributed by atoms with Crippen molar-refractivity contribution in [2.24, 2.45) is 16.8 Å². The first kappa shape index (κ1) is 21.0. The highest BCUT2D eigenvalue weighted by Gasteiger charge is 2.25. The van der Waals surface area contributed by atoms with E-state index in [1.165, 1.54) is 5.57 Å². The van der Waals surface area contributed by atoms with E-state index in [0.717, 1.165) is 44.7 Å². The maximum absolute atomic E-state index is 5.90. The van der Waals surface area contributed by atoms with Gasteiger partial charge in [0.05, 0.1) is 12.0 Å². The molecular weight excluding hydrogens is 330 g/mol. The Labute approximate surface area is 165 Å². The largest absolute Gasteiger partial charge is 0.353 e. The van der Waals surface area contributed by atoms with E-state index in [-0.39, 0.29) is 5.92 Å². The Hall–Kier alpha value is -2.31. The summed E-state index contributed by atoms with van der Waals surface area (Å²) in [5.41, 5.74) is 1.20. The lowest BCUT2D eigenvalue weighted by Crippen LogP contribution is -2.41. The van der Waals surface area contributed by atoms with Crippen LogP contribution >= 0.6 is 0 Å². The Balaban J connectivity index is 1.93. The monoisotopic (exact) mass is 363 g/mol. The predicted octanol–water partition coefficient (Wildman–Crippen LogP) is 4.14. The first-order valence-corrected chi connectivity index (χ1v) is 9.94. The number of rotatable bonds is 9. The highest BCUT2D eigenvalue weighted by Crippen LogP contribution is 2.22. The van der Waals surface area contributed by atoms with Crippen molar-refractivity contribution in [3.8, 4) is 12.3 Å². The summed E-state index contributed by atoms with van der Waals surface area (Å²) in [5, 5.41) is 3.54. The summed E-state index contributed by atoms with van der Waals surface area (Å²) in [4.78, 5) is 7.09. The SMILES string of the molecule is C#CC(CNCCC(C)/C=C\C=C)C1=CCCN=C1N(C)C1C=CC=CC1. The van der Waals surface area contributed by atoms with Crippen LogP contribution in [0.15, 0.2) is 65.8 Å². The molecule has 144 valence electrons. The summed E-state index contributed by atoms with van der Waals surface area (Å²) in [6, 6.07) is 0.346. The minimum Gasteiger partial charge on any atom is -0.353 e. The van der Waals surface area contributed by atoms with Crippen LogP contribution in [-0.4, -0.2) is 43.5 Å². The molecule has 0 saturated carbocycles. The molecule has 3 atom stereocenters. The second kappa shape index (κ2) is 11.4. The number of hydrogen-bond acceptors (Lipinski definition) is 3. The molecule has 0 bridgehead atoms. The van der Waals surface area contributed by atoms with Crippen molar-refractivity contribution in [2.45, 2.75) is 32.2 Å². The van der Waals surface area contributed by atoms with E-state index in [4.69, 9.17) is 11.4 Å². The highest BCUT2D eigenvalue weighted by atomic mass is 15.2. The summed E-state index contributed by atoms with van der Waals surface area (Å²) in [7, 11) is 2.13. The van der Waals surface area contributed by atoms with Crippen LogP contribution in [0.5, 0.6) is 0 Å². The summed E-state index contributed by atoms with van der Waals surface area (Å²) in [6.45, 7) is 8.51. The van der Waals surface area contributed by atoms with E-state index >= 15 is 0 Å². The summed E-state index contributed by atoms with van der Waals surface area (Å²) in [6.07, 6.45) is 25.9. The normalized spacial score (nSPS) is 21.3. The van der Waals surface area contributed by atoms with Gasteiger partial charge in [-0.15, -0.1) is 6.42 Å². The first-order chi connectivity index (χ1) is 13.2. The van der Waals surface area contributed by atoms with Crippen LogP contribution in [0.25, 0.3) is 0 Å². The quantitative estimate of drug-likeness (QED) is 0.379. The lowest BCUT2D eigenvalue weighted by molar-refractivity contribution is 0.419. The third-order valence-corrected chi connectivity index (χ3v) is 5.08. The van der Waals surface area contributed by atoms with Crippen LogP contribution in [0.4, 0.5) is 0 Å². The van der Waals surface area contributed by atoms with Gasteiger partial charge >= 0.3 is 0 Å². The first-order valence-electron chi connectivity index (χ1n) is 9.94. The van der Waals surface area contributed by atoms with Crippen molar-refractivity contribution in [3.05, 3.63) is 60.8 Å². The van der Waals surface area contributed by atoms with Gasteiger partial charge < -0.3 is 10.2 Å². The second-order valence-electron chi connectivity index (χ2n) is 7.19. The molecule has 2 aliphatic rings. The van der Waals surface area contributed by atoms with Gasteiger partial charge in [-0.25, -0.2) is 0 Å². The zero-order valence-corrected chi connectivity index (χ0v) is 16.8. The van der Waals surface area contributed by atoms with Gasteiger partial charge in [0, 0.05) is 25.7 Å². The van der Waals surface area contributed by atoms with E-state index in [0.29, 0.717) is 12.0 Å². The molecule has 2 rings (SSSR count). The van der Waals surface area contributed by atoms with Gasteiger partial charge in [0.15, 0.2) is 0 Å². The number of aliphatic imine (C=N–C) groups is 1. The van der Waals surface area contributed by atoms with Crippen molar-refractivity contribution >= 4 is 5.84 Å². The van der Waals surface area contributed by atoms with Crippen molar-refractivity contribution in [1.29, 1.82) is 0 Å². The zero-order valence-electron chi connectivity index (χ0n) is 16.8. The van der Waals surface area contributed by atoms with E-state index < -0.39 is 0 Å². The molecule has 3 nitrogen and oxygen atoms in total. The van der Waals surface area contributed by atoms with E-state index in [1.54, 1.807) is 0 Å². The van der Waals surface area contributed by atoms with Crippen LogP contribution in [-0.2, 0) is 0 Å².